The predicted octanol–water partition coefficient (Wildman–Crippen LogP) is 1.02. The van der Waals surface area contributed by atoms with E-state index in [-0.39, 0.29) is 34.8 Å². The van der Waals surface area contributed by atoms with Crippen molar-refractivity contribution < 1.29 is 29.0 Å². The van der Waals surface area contributed by atoms with Gasteiger partial charge in [-0.2, -0.15) is 0 Å². The van der Waals surface area contributed by atoms with E-state index in [9.17, 15) is 19.5 Å². The minimum absolute atomic E-state index is 0.0592. The molecule has 2 amide bonds. The third-order valence-electron chi connectivity index (χ3n) is 3.02. The Bertz CT molecular complexity index is 622. The number of hydrogen-bond acceptors (Lipinski definition) is 5. The maximum atomic E-state index is 12.1. The van der Waals surface area contributed by atoms with Crippen LogP contribution in [0.3, 0.4) is 0 Å². The third kappa shape index (κ3) is 1.78. The first-order chi connectivity index (χ1) is 9.43. The first-order valence-corrected chi connectivity index (χ1v) is 5.87. The summed E-state index contributed by atoms with van der Waals surface area (Å²) in [5, 5.41) is 9.20. The van der Waals surface area contributed by atoms with Gasteiger partial charge in [-0.05, 0) is 13.0 Å². The number of nitrogens with zero attached hydrogens (tertiary/aromatic N) is 1. The number of imide groups is 1. The molecule has 106 valence electrons. The van der Waals surface area contributed by atoms with Crippen molar-refractivity contribution in [1.29, 1.82) is 0 Å². The van der Waals surface area contributed by atoms with Gasteiger partial charge < -0.3 is 14.6 Å². The van der Waals surface area contributed by atoms with Gasteiger partial charge in [0, 0.05) is 7.05 Å². The lowest BCUT2D eigenvalue weighted by atomic mass is 10.0. The molecule has 2 rings (SSSR count). The number of fused-ring (bicyclic) bond motifs is 1. The van der Waals surface area contributed by atoms with Crippen molar-refractivity contribution in [3.05, 3.63) is 22.8 Å². The normalized spacial score (nSPS) is 13.4. The van der Waals surface area contributed by atoms with E-state index in [1.54, 1.807) is 6.92 Å². The van der Waals surface area contributed by atoms with Crippen molar-refractivity contribution in [2.75, 3.05) is 20.8 Å². The number of carboxylic acids is 1. The summed E-state index contributed by atoms with van der Waals surface area (Å²) in [6.45, 7) is 1.96. The highest BCUT2D eigenvalue weighted by Gasteiger charge is 2.41. The van der Waals surface area contributed by atoms with Crippen LogP contribution >= 0.6 is 0 Å². The number of benzene rings is 1. The molecule has 20 heavy (non-hydrogen) atoms. The summed E-state index contributed by atoms with van der Waals surface area (Å²) >= 11 is 0. The number of carbonyl (C=O) groups excluding carboxylic acids is 2. The van der Waals surface area contributed by atoms with Crippen molar-refractivity contribution in [1.82, 2.24) is 4.90 Å². The Morgan fingerprint density at radius 2 is 1.90 bits per heavy atom. The number of methoxy groups -OCH3 is 1. The zero-order chi connectivity index (χ0) is 15.0. The Hall–Kier alpha value is -2.57. The van der Waals surface area contributed by atoms with Crippen LogP contribution < -0.4 is 9.47 Å². The molecule has 0 radical (unpaired) electrons. The standard InChI is InChI=1S/C13H13NO6/c1-4-20-10-7(19-3)5-6(13(17)18)8-9(10)12(16)14(2)11(8)15/h5H,4H2,1-3H3,(H,17,18). The number of rotatable bonds is 4. The number of hydrogen-bond donors (Lipinski definition) is 1. The van der Waals surface area contributed by atoms with E-state index < -0.39 is 17.8 Å². The van der Waals surface area contributed by atoms with Crippen molar-refractivity contribution in [3.63, 3.8) is 0 Å². The Kier molecular flexibility index (Phi) is 3.35. The first-order valence-electron chi connectivity index (χ1n) is 5.87. The van der Waals surface area contributed by atoms with Crippen LogP contribution in [-0.4, -0.2) is 48.6 Å². The smallest absolute Gasteiger partial charge is 0.336 e. The molecule has 0 atom stereocenters. The third-order valence-corrected chi connectivity index (χ3v) is 3.02. The first kappa shape index (κ1) is 13.9. The van der Waals surface area contributed by atoms with E-state index >= 15 is 0 Å². The second-order valence-electron chi connectivity index (χ2n) is 4.11. The summed E-state index contributed by atoms with van der Waals surface area (Å²) in [5.41, 5.74) is -0.492. The summed E-state index contributed by atoms with van der Waals surface area (Å²) in [5.74, 6) is -2.36. The minimum Gasteiger partial charge on any atom is -0.493 e. The fraction of sp³-hybridized carbons (Fsp3) is 0.308. The van der Waals surface area contributed by atoms with Gasteiger partial charge in [0.05, 0.1) is 30.4 Å². The second kappa shape index (κ2) is 4.84. The van der Waals surface area contributed by atoms with Crippen LogP contribution in [0.4, 0.5) is 0 Å². The fourth-order valence-electron chi connectivity index (χ4n) is 2.10. The molecule has 0 spiro atoms. The molecule has 1 aromatic rings. The van der Waals surface area contributed by atoms with Crippen LogP contribution in [0.2, 0.25) is 0 Å². The molecule has 7 nitrogen and oxygen atoms in total. The number of carboxylic acid groups (broad SMARTS) is 1. The zero-order valence-corrected chi connectivity index (χ0v) is 11.2. The van der Waals surface area contributed by atoms with Crippen molar-refractivity contribution in [2.24, 2.45) is 0 Å². The molecule has 1 aromatic carbocycles. The topological polar surface area (TPSA) is 93.1 Å². The van der Waals surface area contributed by atoms with Gasteiger partial charge >= 0.3 is 5.97 Å². The number of amides is 2. The maximum absolute atomic E-state index is 12.1. The predicted molar refractivity (Wildman–Crippen MR) is 67.5 cm³/mol. The lowest BCUT2D eigenvalue weighted by molar-refractivity contribution is 0.0663. The maximum Gasteiger partial charge on any atom is 0.336 e. The fourth-order valence-corrected chi connectivity index (χ4v) is 2.10. The highest BCUT2D eigenvalue weighted by Crippen LogP contribution is 2.40. The van der Waals surface area contributed by atoms with E-state index in [2.05, 4.69) is 0 Å². The second-order valence-corrected chi connectivity index (χ2v) is 4.11. The van der Waals surface area contributed by atoms with Gasteiger partial charge in [0.25, 0.3) is 11.8 Å². The highest BCUT2D eigenvalue weighted by atomic mass is 16.5. The molecule has 1 aliphatic heterocycles. The Balaban J connectivity index is 2.84. The van der Waals surface area contributed by atoms with Crippen molar-refractivity contribution in [2.45, 2.75) is 6.92 Å². The molecule has 0 saturated carbocycles. The van der Waals surface area contributed by atoms with Crippen LogP contribution in [0.5, 0.6) is 11.5 Å². The average Bonchev–Trinajstić information content (AvgIpc) is 2.64. The van der Waals surface area contributed by atoms with Gasteiger partial charge in [0.2, 0.25) is 0 Å². The average molecular weight is 279 g/mol. The molecular formula is C13H13NO6. The van der Waals surface area contributed by atoms with E-state index in [0.29, 0.717) is 0 Å². The summed E-state index contributed by atoms with van der Waals surface area (Å²) < 4.78 is 10.4. The van der Waals surface area contributed by atoms with Gasteiger partial charge in [0.1, 0.15) is 0 Å². The molecule has 0 aliphatic carbocycles. The largest absolute Gasteiger partial charge is 0.493 e. The molecule has 0 saturated heterocycles. The lowest BCUT2D eigenvalue weighted by Gasteiger charge is -2.13. The molecule has 1 aliphatic rings. The highest BCUT2D eigenvalue weighted by molar-refractivity contribution is 6.25. The molecule has 0 aromatic heterocycles. The molecule has 1 heterocycles. The summed E-state index contributed by atoms with van der Waals surface area (Å²) in [6, 6.07) is 1.19. The van der Waals surface area contributed by atoms with Crippen LogP contribution in [0.25, 0.3) is 0 Å². The van der Waals surface area contributed by atoms with Crippen LogP contribution in [0, 0.1) is 0 Å². The van der Waals surface area contributed by atoms with E-state index in [4.69, 9.17) is 9.47 Å². The monoisotopic (exact) mass is 279 g/mol. The van der Waals surface area contributed by atoms with Crippen LogP contribution in [0.1, 0.15) is 38.0 Å². The molecule has 0 bridgehead atoms. The number of ether oxygens (including phenoxy) is 2. The quantitative estimate of drug-likeness (QED) is 0.827. The number of aromatic carboxylic acids is 1. The zero-order valence-electron chi connectivity index (χ0n) is 11.2. The lowest BCUT2D eigenvalue weighted by Crippen LogP contribution is -2.24. The van der Waals surface area contributed by atoms with Crippen molar-refractivity contribution in [3.8, 4) is 11.5 Å². The van der Waals surface area contributed by atoms with Gasteiger partial charge in [-0.25, -0.2) is 4.79 Å². The van der Waals surface area contributed by atoms with Gasteiger partial charge in [0.15, 0.2) is 11.5 Å². The molecule has 7 heteroatoms. The molecule has 0 unspecified atom stereocenters. The Morgan fingerprint density at radius 3 is 2.40 bits per heavy atom. The summed E-state index contributed by atoms with van der Waals surface area (Å²) in [6.07, 6.45) is 0. The Morgan fingerprint density at radius 1 is 1.30 bits per heavy atom. The minimum atomic E-state index is -1.31. The summed E-state index contributed by atoms with van der Waals surface area (Å²) in [4.78, 5) is 36.3. The molecular weight excluding hydrogens is 266 g/mol. The molecule has 0 fully saturated rings. The van der Waals surface area contributed by atoms with Crippen LogP contribution in [-0.2, 0) is 0 Å². The SMILES string of the molecule is CCOc1c(OC)cc(C(=O)O)c2c1C(=O)N(C)C2=O. The summed E-state index contributed by atoms with van der Waals surface area (Å²) in [7, 11) is 2.62. The Labute approximate surface area is 114 Å². The van der Waals surface area contributed by atoms with E-state index in [1.807, 2.05) is 0 Å². The van der Waals surface area contributed by atoms with Crippen molar-refractivity contribution >= 4 is 17.8 Å². The van der Waals surface area contributed by atoms with Gasteiger partial charge in [-0.1, -0.05) is 0 Å². The molecule has 1 N–H and O–H groups in total. The van der Waals surface area contributed by atoms with E-state index in [0.717, 1.165) is 4.90 Å². The van der Waals surface area contributed by atoms with Gasteiger partial charge in [-0.15, -0.1) is 0 Å². The van der Waals surface area contributed by atoms with E-state index in [1.165, 1.54) is 20.2 Å². The number of carbonyl (C=O) groups is 3. The van der Waals surface area contributed by atoms with Crippen LogP contribution in [0.15, 0.2) is 6.07 Å². The van der Waals surface area contributed by atoms with Gasteiger partial charge in [-0.3, -0.25) is 14.5 Å².